The van der Waals surface area contributed by atoms with Crippen molar-refractivity contribution in [1.29, 1.82) is 0 Å². The lowest BCUT2D eigenvalue weighted by Gasteiger charge is -2.28. The Morgan fingerprint density at radius 1 is 1.23 bits per heavy atom. The maximum absolute atomic E-state index is 9.94. The van der Waals surface area contributed by atoms with Gasteiger partial charge in [0.25, 0.3) is 0 Å². The monoisotopic (exact) mass is 310 g/mol. The van der Waals surface area contributed by atoms with Crippen LogP contribution in [0.5, 0.6) is 0 Å². The first-order valence-corrected chi connectivity index (χ1v) is 7.46. The Bertz CT molecular complexity index is 491. The van der Waals surface area contributed by atoms with Crippen LogP contribution in [0.1, 0.15) is 19.4 Å². The molecule has 2 N–H and O–H groups in total. The Kier molecular flexibility index (Phi) is 4.49. The molecular weight excluding hydrogens is 288 g/mol. The third-order valence-electron chi connectivity index (χ3n) is 3.88. The highest BCUT2D eigenvalue weighted by molar-refractivity contribution is 5.13. The van der Waals surface area contributed by atoms with Crippen molar-refractivity contribution in [2.45, 2.75) is 56.9 Å². The lowest BCUT2D eigenvalue weighted by Crippen LogP contribution is -2.44. The van der Waals surface area contributed by atoms with Crippen molar-refractivity contribution in [2.75, 3.05) is 6.61 Å². The van der Waals surface area contributed by atoms with Gasteiger partial charge in [0.2, 0.25) is 0 Å². The number of hydrogen-bond acceptors (Lipinski definition) is 6. The molecule has 0 saturated carbocycles. The lowest BCUT2D eigenvalue weighted by molar-refractivity contribution is -0.232. The predicted molar refractivity (Wildman–Crippen MR) is 76.8 cm³/mol. The Hall–Kier alpha value is -1.02. The lowest BCUT2D eigenvalue weighted by atomic mass is 10.1. The molecule has 0 aliphatic carbocycles. The Labute approximate surface area is 129 Å². The van der Waals surface area contributed by atoms with Crippen LogP contribution in [-0.4, -0.2) is 53.3 Å². The molecule has 2 aliphatic rings. The molecule has 2 fully saturated rings. The molecule has 1 aromatic rings. The van der Waals surface area contributed by atoms with Gasteiger partial charge in [0, 0.05) is 0 Å². The first-order valence-electron chi connectivity index (χ1n) is 7.46. The van der Waals surface area contributed by atoms with Gasteiger partial charge in [-0.25, -0.2) is 0 Å². The molecule has 5 atom stereocenters. The topological polar surface area (TPSA) is 77.4 Å². The summed E-state index contributed by atoms with van der Waals surface area (Å²) >= 11 is 0. The average Bonchev–Trinajstić information content (AvgIpc) is 2.97. The number of fused-ring (bicyclic) bond motifs is 1. The quantitative estimate of drug-likeness (QED) is 0.838. The van der Waals surface area contributed by atoms with Crippen molar-refractivity contribution in [3.8, 4) is 0 Å². The van der Waals surface area contributed by atoms with Crippen LogP contribution < -0.4 is 0 Å². The van der Waals surface area contributed by atoms with E-state index in [2.05, 4.69) is 0 Å². The van der Waals surface area contributed by atoms with E-state index in [0.29, 0.717) is 6.61 Å². The molecule has 0 radical (unpaired) electrons. The second-order valence-corrected chi connectivity index (χ2v) is 6.08. The van der Waals surface area contributed by atoms with Crippen LogP contribution in [0.15, 0.2) is 30.3 Å². The summed E-state index contributed by atoms with van der Waals surface area (Å²) in [5.41, 5.74) is 1.02. The van der Waals surface area contributed by atoms with Crippen LogP contribution in [0.3, 0.4) is 0 Å². The highest BCUT2D eigenvalue weighted by atomic mass is 16.8. The van der Waals surface area contributed by atoms with Crippen LogP contribution in [0.2, 0.25) is 0 Å². The molecule has 6 heteroatoms. The predicted octanol–water partition coefficient (Wildman–Crippen LogP) is 0.801. The fraction of sp³-hybridized carbons (Fsp3) is 0.625. The van der Waals surface area contributed by atoms with Gasteiger partial charge in [-0.15, -0.1) is 0 Å². The standard InChI is InChI=1S/C16H22O6/c1-16(2)21-14-13(19-9-10-6-4-3-5-7-10)12(11(18)8-17)20-15(14)22-16/h3-7,11-15,17-18H,8-9H2,1-2H3/t11?,12-,13+,14?,15+/m1/s1. The summed E-state index contributed by atoms with van der Waals surface area (Å²) in [5.74, 6) is -0.751. The zero-order valence-electron chi connectivity index (χ0n) is 12.7. The van der Waals surface area contributed by atoms with E-state index in [1.54, 1.807) is 13.8 Å². The van der Waals surface area contributed by atoms with Crippen molar-refractivity contribution < 1.29 is 29.2 Å². The zero-order valence-corrected chi connectivity index (χ0v) is 12.7. The van der Waals surface area contributed by atoms with Gasteiger partial charge in [0.15, 0.2) is 12.1 Å². The highest BCUT2D eigenvalue weighted by Gasteiger charge is 2.56. The summed E-state index contributed by atoms with van der Waals surface area (Å²) in [6, 6.07) is 9.73. The van der Waals surface area contributed by atoms with Gasteiger partial charge in [-0.3, -0.25) is 0 Å². The number of hydrogen-bond donors (Lipinski definition) is 2. The second kappa shape index (κ2) is 6.23. The highest BCUT2D eigenvalue weighted by Crippen LogP contribution is 2.39. The van der Waals surface area contributed by atoms with E-state index in [1.807, 2.05) is 30.3 Å². The van der Waals surface area contributed by atoms with E-state index in [-0.39, 0.29) is 0 Å². The van der Waals surface area contributed by atoms with E-state index in [0.717, 1.165) is 5.56 Å². The maximum atomic E-state index is 9.94. The molecule has 0 aromatic heterocycles. The fourth-order valence-electron chi connectivity index (χ4n) is 2.87. The SMILES string of the molecule is CC1(C)OC2[C@@H](O[C@H](C(O)CO)[C@@H]2OCc2ccccc2)O1. The van der Waals surface area contributed by atoms with Gasteiger partial charge in [-0.2, -0.15) is 0 Å². The number of aliphatic hydroxyl groups excluding tert-OH is 2. The number of rotatable bonds is 5. The Morgan fingerprint density at radius 2 is 1.95 bits per heavy atom. The molecule has 1 aromatic carbocycles. The molecule has 2 aliphatic heterocycles. The van der Waals surface area contributed by atoms with Crippen molar-refractivity contribution in [3.63, 3.8) is 0 Å². The Morgan fingerprint density at radius 3 is 2.64 bits per heavy atom. The average molecular weight is 310 g/mol. The third kappa shape index (κ3) is 3.17. The van der Waals surface area contributed by atoms with Crippen molar-refractivity contribution in [3.05, 3.63) is 35.9 Å². The summed E-state index contributed by atoms with van der Waals surface area (Å²) in [6.07, 6.45) is -3.25. The van der Waals surface area contributed by atoms with E-state index < -0.39 is 43.1 Å². The summed E-state index contributed by atoms with van der Waals surface area (Å²) < 4.78 is 23.1. The fourth-order valence-corrected chi connectivity index (χ4v) is 2.87. The maximum Gasteiger partial charge on any atom is 0.190 e. The minimum Gasteiger partial charge on any atom is -0.394 e. The molecule has 2 heterocycles. The van der Waals surface area contributed by atoms with E-state index in [1.165, 1.54) is 0 Å². The molecule has 2 saturated heterocycles. The van der Waals surface area contributed by atoms with E-state index >= 15 is 0 Å². The first kappa shape index (κ1) is 15.9. The van der Waals surface area contributed by atoms with Gasteiger partial charge in [0.05, 0.1) is 13.2 Å². The number of aliphatic hydroxyl groups is 2. The largest absolute Gasteiger partial charge is 0.394 e. The second-order valence-electron chi connectivity index (χ2n) is 6.08. The first-order chi connectivity index (χ1) is 10.5. The third-order valence-corrected chi connectivity index (χ3v) is 3.88. The smallest absolute Gasteiger partial charge is 0.190 e. The molecule has 0 bridgehead atoms. The van der Waals surface area contributed by atoms with Crippen molar-refractivity contribution in [2.24, 2.45) is 0 Å². The van der Waals surface area contributed by atoms with Gasteiger partial charge in [-0.05, 0) is 19.4 Å². The molecule has 0 spiro atoms. The van der Waals surface area contributed by atoms with Crippen molar-refractivity contribution in [1.82, 2.24) is 0 Å². The van der Waals surface area contributed by atoms with E-state index in [9.17, 15) is 10.2 Å². The van der Waals surface area contributed by atoms with Gasteiger partial charge < -0.3 is 29.2 Å². The molecule has 6 nitrogen and oxygen atoms in total. The van der Waals surface area contributed by atoms with Crippen LogP contribution in [0.25, 0.3) is 0 Å². The summed E-state index contributed by atoms with van der Waals surface area (Å²) in [4.78, 5) is 0. The summed E-state index contributed by atoms with van der Waals surface area (Å²) in [7, 11) is 0. The van der Waals surface area contributed by atoms with Crippen LogP contribution >= 0.6 is 0 Å². The van der Waals surface area contributed by atoms with Crippen LogP contribution in [-0.2, 0) is 25.6 Å². The summed E-state index contributed by atoms with van der Waals surface area (Å²) in [5, 5.41) is 19.1. The van der Waals surface area contributed by atoms with Crippen molar-refractivity contribution >= 4 is 0 Å². The van der Waals surface area contributed by atoms with Gasteiger partial charge >= 0.3 is 0 Å². The summed E-state index contributed by atoms with van der Waals surface area (Å²) in [6.45, 7) is 3.58. The Balaban J connectivity index is 1.71. The van der Waals surface area contributed by atoms with E-state index in [4.69, 9.17) is 18.9 Å². The molecule has 2 unspecified atom stereocenters. The molecule has 3 rings (SSSR count). The van der Waals surface area contributed by atoms with Crippen LogP contribution in [0, 0.1) is 0 Å². The number of benzene rings is 1. The van der Waals surface area contributed by atoms with Crippen LogP contribution in [0.4, 0.5) is 0 Å². The number of ether oxygens (including phenoxy) is 4. The minimum atomic E-state index is -1.04. The molecule has 22 heavy (non-hydrogen) atoms. The normalized spacial score (nSPS) is 34.5. The molecular formula is C16H22O6. The minimum absolute atomic E-state index is 0.372. The van der Waals surface area contributed by atoms with Gasteiger partial charge in [-0.1, -0.05) is 30.3 Å². The molecule has 122 valence electrons. The van der Waals surface area contributed by atoms with Gasteiger partial charge in [0.1, 0.15) is 24.4 Å². The molecule has 0 amide bonds. The zero-order chi connectivity index (χ0) is 15.7.